The van der Waals surface area contributed by atoms with Crippen LogP contribution in [0, 0.1) is 6.92 Å². The molecule has 1 aliphatic rings. The summed E-state index contributed by atoms with van der Waals surface area (Å²) in [6, 6.07) is 8.07. The number of amides is 1. The predicted octanol–water partition coefficient (Wildman–Crippen LogP) is 1.77. The summed E-state index contributed by atoms with van der Waals surface area (Å²) in [5, 5.41) is 0. The third kappa shape index (κ3) is 3.31. The molecule has 2 rings (SSSR count). The number of nitrogens with two attached hydrogens (primary N) is 1. The number of rotatable bonds is 4. The molecule has 2 N–H and O–H groups in total. The van der Waals surface area contributed by atoms with Crippen molar-refractivity contribution in [3.05, 3.63) is 29.8 Å². The fraction of sp³-hybridized carbons (Fsp3) is 0.562. The number of carbonyl (C=O) groups is 1. The van der Waals surface area contributed by atoms with Crippen LogP contribution in [0.4, 0.5) is 5.69 Å². The third-order valence-electron chi connectivity index (χ3n) is 3.96. The van der Waals surface area contributed by atoms with E-state index >= 15 is 0 Å². The van der Waals surface area contributed by atoms with Gasteiger partial charge in [0.1, 0.15) is 0 Å². The second-order valence-electron chi connectivity index (χ2n) is 5.49. The van der Waals surface area contributed by atoms with E-state index in [-0.39, 0.29) is 11.9 Å². The fourth-order valence-electron chi connectivity index (χ4n) is 2.75. The van der Waals surface area contributed by atoms with Crippen molar-refractivity contribution in [1.82, 2.24) is 4.90 Å². The summed E-state index contributed by atoms with van der Waals surface area (Å²) in [4.78, 5) is 16.4. The Morgan fingerprint density at radius 2 is 1.90 bits per heavy atom. The average Bonchev–Trinajstić information content (AvgIpc) is 2.47. The molecule has 1 aliphatic heterocycles. The van der Waals surface area contributed by atoms with E-state index in [9.17, 15) is 4.79 Å². The number of nitrogens with zero attached hydrogens (tertiary/aromatic N) is 2. The minimum absolute atomic E-state index is 0.108. The average molecular weight is 275 g/mol. The number of aryl methyl sites for hydroxylation is 1. The monoisotopic (exact) mass is 275 g/mol. The molecule has 0 aromatic heterocycles. The lowest BCUT2D eigenvalue weighted by Crippen LogP contribution is -2.53. The Bertz CT molecular complexity index is 453. The maximum Gasteiger partial charge on any atom is 0.239 e. The zero-order valence-corrected chi connectivity index (χ0v) is 12.5. The minimum atomic E-state index is -0.329. The standard InChI is InChI=1S/C16H25N3O/c1-3-6-14(17)16(20)19-11-9-18(10-12-19)15-8-5-4-7-13(15)2/h4-5,7-8,14H,3,6,9-12,17H2,1-2H3/t14-/m0/s1. The van der Waals surface area contributed by atoms with Crippen LogP contribution in [0.15, 0.2) is 24.3 Å². The second-order valence-corrected chi connectivity index (χ2v) is 5.49. The van der Waals surface area contributed by atoms with E-state index in [1.165, 1.54) is 11.3 Å². The van der Waals surface area contributed by atoms with Crippen LogP contribution in [0.3, 0.4) is 0 Å². The van der Waals surface area contributed by atoms with E-state index in [4.69, 9.17) is 5.73 Å². The van der Waals surface area contributed by atoms with Gasteiger partial charge in [-0.05, 0) is 25.0 Å². The SMILES string of the molecule is CCC[C@H](N)C(=O)N1CCN(c2ccccc2C)CC1. The van der Waals surface area contributed by atoms with Crippen LogP contribution in [-0.2, 0) is 4.79 Å². The van der Waals surface area contributed by atoms with Crippen molar-refractivity contribution in [1.29, 1.82) is 0 Å². The van der Waals surface area contributed by atoms with Gasteiger partial charge in [-0.25, -0.2) is 0 Å². The third-order valence-corrected chi connectivity index (χ3v) is 3.96. The highest BCUT2D eigenvalue weighted by molar-refractivity contribution is 5.81. The summed E-state index contributed by atoms with van der Waals surface area (Å²) in [6.07, 6.45) is 1.73. The second kappa shape index (κ2) is 6.75. The lowest BCUT2D eigenvalue weighted by Gasteiger charge is -2.37. The van der Waals surface area contributed by atoms with Crippen molar-refractivity contribution in [2.45, 2.75) is 32.7 Å². The van der Waals surface area contributed by atoms with Gasteiger partial charge >= 0.3 is 0 Å². The van der Waals surface area contributed by atoms with E-state index in [2.05, 4.69) is 43.0 Å². The zero-order chi connectivity index (χ0) is 14.5. The highest BCUT2D eigenvalue weighted by atomic mass is 16.2. The Labute approximate surface area is 121 Å². The van der Waals surface area contributed by atoms with E-state index in [0.29, 0.717) is 0 Å². The first-order valence-corrected chi connectivity index (χ1v) is 7.48. The van der Waals surface area contributed by atoms with E-state index in [0.717, 1.165) is 39.0 Å². The van der Waals surface area contributed by atoms with Gasteiger partial charge in [0, 0.05) is 31.9 Å². The minimum Gasteiger partial charge on any atom is -0.368 e. The molecule has 1 fully saturated rings. The summed E-state index contributed by atoms with van der Waals surface area (Å²) in [7, 11) is 0. The first kappa shape index (κ1) is 14.9. The number of anilines is 1. The molecule has 1 aromatic rings. The van der Waals surface area contributed by atoms with Gasteiger partial charge in [-0.15, -0.1) is 0 Å². The van der Waals surface area contributed by atoms with Crippen molar-refractivity contribution in [2.75, 3.05) is 31.1 Å². The fourth-order valence-corrected chi connectivity index (χ4v) is 2.75. The van der Waals surface area contributed by atoms with Gasteiger partial charge in [-0.3, -0.25) is 4.79 Å². The van der Waals surface area contributed by atoms with Crippen LogP contribution in [0.1, 0.15) is 25.3 Å². The molecule has 1 aromatic carbocycles. The van der Waals surface area contributed by atoms with Crippen LogP contribution in [-0.4, -0.2) is 43.0 Å². The van der Waals surface area contributed by atoms with Crippen molar-refractivity contribution >= 4 is 11.6 Å². The van der Waals surface area contributed by atoms with Crippen LogP contribution < -0.4 is 10.6 Å². The highest BCUT2D eigenvalue weighted by Crippen LogP contribution is 2.21. The Morgan fingerprint density at radius 3 is 2.50 bits per heavy atom. The number of para-hydroxylation sites is 1. The van der Waals surface area contributed by atoms with Crippen molar-refractivity contribution in [3.63, 3.8) is 0 Å². The summed E-state index contributed by atoms with van der Waals surface area (Å²) < 4.78 is 0. The van der Waals surface area contributed by atoms with Crippen molar-refractivity contribution in [2.24, 2.45) is 5.73 Å². The molecular formula is C16H25N3O. The smallest absolute Gasteiger partial charge is 0.239 e. The van der Waals surface area contributed by atoms with Crippen LogP contribution in [0.25, 0.3) is 0 Å². The summed E-state index contributed by atoms with van der Waals surface area (Å²) in [5.74, 6) is 0.108. The van der Waals surface area contributed by atoms with Gasteiger partial charge in [-0.2, -0.15) is 0 Å². The van der Waals surface area contributed by atoms with Crippen LogP contribution in [0.2, 0.25) is 0 Å². The molecule has 0 saturated carbocycles. The number of hydrogen-bond donors (Lipinski definition) is 1. The van der Waals surface area contributed by atoms with Crippen LogP contribution >= 0.6 is 0 Å². The first-order chi connectivity index (χ1) is 9.63. The summed E-state index contributed by atoms with van der Waals surface area (Å²) in [6.45, 7) is 7.49. The zero-order valence-electron chi connectivity index (χ0n) is 12.5. The Hall–Kier alpha value is -1.55. The maximum atomic E-state index is 12.2. The largest absolute Gasteiger partial charge is 0.368 e. The molecule has 1 atom stereocenters. The summed E-state index contributed by atoms with van der Waals surface area (Å²) in [5.41, 5.74) is 8.49. The molecule has 4 nitrogen and oxygen atoms in total. The molecule has 1 heterocycles. The van der Waals surface area contributed by atoms with E-state index < -0.39 is 0 Å². The molecule has 20 heavy (non-hydrogen) atoms. The van der Waals surface area contributed by atoms with E-state index in [1.807, 2.05) is 4.90 Å². The topological polar surface area (TPSA) is 49.6 Å². The molecule has 0 spiro atoms. The Kier molecular flexibility index (Phi) is 5.01. The number of benzene rings is 1. The normalized spacial score (nSPS) is 17.1. The number of piperazine rings is 1. The molecule has 0 aliphatic carbocycles. The molecule has 0 radical (unpaired) electrons. The molecule has 4 heteroatoms. The lowest BCUT2D eigenvalue weighted by molar-refractivity contribution is -0.133. The lowest BCUT2D eigenvalue weighted by atomic mass is 10.1. The van der Waals surface area contributed by atoms with Crippen molar-refractivity contribution < 1.29 is 4.79 Å². The van der Waals surface area contributed by atoms with Gasteiger partial charge in [0.25, 0.3) is 0 Å². The molecule has 1 amide bonds. The summed E-state index contributed by atoms with van der Waals surface area (Å²) >= 11 is 0. The van der Waals surface area contributed by atoms with Gasteiger partial charge in [-0.1, -0.05) is 31.5 Å². The Balaban J connectivity index is 1.93. The predicted molar refractivity (Wildman–Crippen MR) is 82.9 cm³/mol. The first-order valence-electron chi connectivity index (χ1n) is 7.48. The molecule has 110 valence electrons. The quantitative estimate of drug-likeness (QED) is 0.911. The number of carbonyl (C=O) groups excluding carboxylic acids is 1. The molecular weight excluding hydrogens is 250 g/mol. The number of hydrogen-bond acceptors (Lipinski definition) is 3. The van der Waals surface area contributed by atoms with Crippen molar-refractivity contribution in [3.8, 4) is 0 Å². The van der Waals surface area contributed by atoms with Crippen LogP contribution in [0.5, 0.6) is 0 Å². The van der Waals surface area contributed by atoms with Gasteiger partial charge in [0.05, 0.1) is 6.04 Å². The highest BCUT2D eigenvalue weighted by Gasteiger charge is 2.25. The Morgan fingerprint density at radius 1 is 1.25 bits per heavy atom. The molecule has 0 bridgehead atoms. The van der Waals surface area contributed by atoms with Gasteiger partial charge in [0.15, 0.2) is 0 Å². The molecule has 0 unspecified atom stereocenters. The van der Waals surface area contributed by atoms with E-state index in [1.54, 1.807) is 0 Å². The van der Waals surface area contributed by atoms with Gasteiger partial charge < -0.3 is 15.5 Å². The van der Waals surface area contributed by atoms with Gasteiger partial charge in [0.2, 0.25) is 5.91 Å². The maximum absolute atomic E-state index is 12.2. The molecule has 1 saturated heterocycles.